The minimum atomic E-state index is -1.59. The number of amides is 4. The Morgan fingerprint density at radius 2 is 1.02 bits per heavy atom. The number of ether oxygens (including phenoxy) is 4. The number of carbonyl (C=O) groups excluding carboxylic acids is 8. The zero-order valence-electron chi connectivity index (χ0n) is 50.9. The lowest BCUT2D eigenvalue weighted by atomic mass is 9.43. The van der Waals surface area contributed by atoms with Gasteiger partial charge in [-0.25, -0.2) is 0 Å². The Hall–Kier alpha value is -6.94. The van der Waals surface area contributed by atoms with Gasteiger partial charge in [0.2, 0.25) is 23.6 Å². The molecule has 88 heavy (non-hydrogen) atoms. The number of aliphatic hydroxyl groups excluding tert-OH is 2. The maximum atomic E-state index is 14.8. The molecule has 0 aliphatic heterocycles. The number of hydrogen-bond donors (Lipinski definition) is 8. The number of aliphatic carboxylic acids is 1. The number of carboxylic acid groups (broad SMARTS) is 1. The van der Waals surface area contributed by atoms with Crippen LogP contribution in [0.4, 0.5) is 0 Å². The zero-order chi connectivity index (χ0) is 62.8. The van der Waals surface area contributed by atoms with Gasteiger partial charge in [-0.15, -0.1) is 12.4 Å². The number of hydrogen-bond acceptors (Lipinski definition) is 16. The van der Waals surface area contributed by atoms with Crippen molar-refractivity contribution in [3.05, 3.63) is 108 Å². The van der Waals surface area contributed by atoms with E-state index in [2.05, 4.69) is 42.0 Å². The Morgan fingerprint density at radius 3 is 1.49 bits per heavy atom. The third-order valence-electron chi connectivity index (χ3n) is 19.5. The first-order chi connectivity index (χ1) is 41.6. The van der Waals surface area contributed by atoms with Crippen molar-refractivity contribution >= 4 is 65.9 Å². The van der Waals surface area contributed by atoms with Gasteiger partial charge < -0.3 is 61.3 Å². The van der Waals surface area contributed by atoms with E-state index in [0.717, 1.165) is 18.4 Å². The molecule has 4 amide bonds. The molecule has 5 unspecified atom stereocenters. The van der Waals surface area contributed by atoms with Crippen LogP contribution in [0.2, 0.25) is 0 Å². The average molecular weight is 1240 g/mol. The molecular formula is C66H90ClN5O16. The molecule has 3 aromatic rings. The minimum absolute atomic E-state index is 0. The smallest absolute Gasteiger partial charge is 0.306 e. The number of nitrogens with two attached hydrogens (primary N) is 1. The van der Waals surface area contributed by atoms with E-state index in [1.165, 1.54) is 7.11 Å². The molecule has 482 valence electrons. The lowest BCUT2D eigenvalue weighted by Crippen LogP contribution is -2.63. The van der Waals surface area contributed by atoms with E-state index in [1.807, 2.05) is 6.07 Å². The van der Waals surface area contributed by atoms with Gasteiger partial charge in [-0.05, 0) is 140 Å². The third-order valence-corrected chi connectivity index (χ3v) is 19.5. The highest BCUT2D eigenvalue weighted by atomic mass is 35.5. The number of aliphatic hydroxyl groups is 2. The number of nitrogens with one attached hydrogen (secondary N) is 4. The quantitative estimate of drug-likeness (QED) is 0.0268. The lowest BCUT2D eigenvalue weighted by molar-refractivity contribution is -0.202. The molecular weight excluding hydrogens is 1150 g/mol. The SMILES string of the molecule is COC(=O)CCC(C)[C@H]1CC[C@H]2[C@@H]3[C@H](O)C[C@@H]4C[C@@H](NC(=O)C(CCC(=O)OCc5ccccc5)NC(=O)C(CCC(=O)OCc5ccccc5)NC(=O)C(CCC(=O)OCc5ccccc5)NC(=O)C(N)CCC(=O)O)CC[C@]4(C)[C@H]3C[C@H](O)[C@]12C.Cl. The molecule has 0 bridgehead atoms. The van der Waals surface area contributed by atoms with Gasteiger partial charge in [0.25, 0.3) is 0 Å². The Labute approximate surface area is 521 Å². The number of benzene rings is 3. The van der Waals surface area contributed by atoms with Crippen LogP contribution in [0.3, 0.4) is 0 Å². The lowest BCUT2D eigenvalue weighted by Gasteiger charge is -2.63. The fraction of sp³-hybridized carbons (Fsp3) is 0.591. The molecule has 21 nitrogen and oxygen atoms in total. The molecule has 4 aliphatic rings. The van der Waals surface area contributed by atoms with Crippen LogP contribution in [0.5, 0.6) is 0 Å². The molecule has 0 heterocycles. The molecule has 3 aromatic carbocycles. The maximum Gasteiger partial charge on any atom is 0.306 e. The van der Waals surface area contributed by atoms with E-state index in [0.29, 0.717) is 56.1 Å². The first-order valence-corrected chi connectivity index (χ1v) is 30.8. The number of fused-ring (bicyclic) bond motifs is 5. The highest BCUT2D eigenvalue weighted by molar-refractivity contribution is 5.95. The van der Waals surface area contributed by atoms with E-state index >= 15 is 0 Å². The van der Waals surface area contributed by atoms with Crippen LogP contribution < -0.4 is 27.0 Å². The number of carboxylic acids is 1. The highest BCUT2D eigenvalue weighted by Gasteiger charge is 2.66. The molecule has 9 N–H and O–H groups in total. The van der Waals surface area contributed by atoms with Crippen LogP contribution in [-0.2, 0) is 81.9 Å². The first-order valence-electron chi connectivity index (χ1n) is 30.8. The van der Waals surface area contributed by atoms with Crippen LogP contribution in [0.15, 0.2) is 91.0 Å². The van der Waals surface area contributed by atoms with E-state index < -0.39 is 115 Å². The topological polar surface area (TPSA) is 325 Å². The molecule has 0 spiro atoms. The molecule has 0 saturated heterocycles. The fourth-order valence-corrected chi connectivity index (χ4v) is 14.5. The predicted octanol–water partition coefficient (Wildman–Crippen LogP) is 6.30. The third kappa shape index (κ3) is 18.8. The van der Waals surface area contributed by atoms with E-state index in [1.54, 1.807) is 84.9 Å². The normalized spacial score (nSPS) is 25.9. The summed E-state index contributed by atoms with van der Waals surface area (Å²) in [5, 5.41) is 44.7. The van der Waals surface area contributed by atoms with Gasteiger partial charge in [-0.1, -0.05) is 112 Å². The van der Waals surface area contributed by atoms with Crippen molar-refractivity contribution in [3.63, 3.8) is 0 Å². The summed E-state index contributed by atoms with van der Waals surface area (Å²) in [4.78, 5) is 121. The van der Waals surface area contributed by atoms with Crippen molar-refractivity contribution in [2.24, 2.45) is 52.1 Å². The van der Waals surface area contributed by atoms with E-state index in [-0.39, 0.29) is 111 Å². The van der Waals surface area contributed by atoms with Crippen molar-refractivity contribution in [2.75, 3.05) is 7.11 Å². The van der Waals surface area contributed by atoms with Gasteiger partial charge >= 0.3 is 29.8 Å². The Kier molecular flexibility index (Phi) is 26.3. The van der Waals surface area contributed by atoms with Crippen LogP contribution in [0.25, 0.3) is 0 Å². The van der Waals surface area contributed by atoms with Gasteiger partial charge in [-0.3, -0.25) is 43.2 Å². The average Bonchev–Trinajstić information content (AvgIpc) is 1.31. The fourth-order valence-electron chi connectivity index (χ4n) is 14.5. The Bertz CT molecular complexity index is 2840. The minimum Gasteiger partial charge on any atom is -0.481 e. The maximum absolute atomic E-state index is 14.8. The molecule has 7 rings (SSSR count). The van der Waals surface area contributed by atoms with E-state index in [9.17, 15) is 58.5 Å². The molecule has 0 radical (unpaired) electrons. The second kappa shape index (κ2) is 33.0. The van der Waals surface area contributed by atoms with Crippen LogP contribution >= 0.6 is 12.4 Å². The largest absolute Gasteiger partial charge is 0.481 e. The highest BCUT2D eigenvalue weighted by Crippen LogP contribution is 2.68. The summed E-state index contributed by atoms with van der Waals surface area (Å²) < 4.78 is 21.4. The molecule has 22 heteroatoms. The van der Waals surface area contributed by atoms with Crippen molar-refractivity contribution in [1.82, 2.24) is 21.3 Å². The summed E-state index contributed by atoms with van der Waals surface area (Å²) >= 11 is 0. The predicted molar refractivity (Wildman–Crippen MR) is 325 cm³/mol. The van der Waals surface area contributed by atoms with Crippen LogP contribution in [0, 0.1) is 46.3 Å². The van der Waals surface area contributed by atoms with Gasteiger partial charge in [0.15, 0.2) is 0 Å². The van der Waals surface area contributed by atoms with Crippen LogP contribution in [-0.4, -0.2) is 118 Å². The molecule has 4 saturated carbocycles. The molecule has 0 aromatic heterocycles. The van der Waals surface area contributed by atoms with Gasteiger partial charge in [0.05, 0.1) is 25.4 Å². The van der Waals surface area contributed by atoms with Gasteiger partial charge in [0.1, 0.15) is 37.9 Å². The number of esters is 4. The summed E-state index contributed by atoms with van der Waals surface area (Å²) in [6.45, 7) is 6.35. The van der Waals surface area contributed by atoms with Crippen molar-refractivity contribution < 1.29 is 77.4 Å². The number of carbonyl (C=O) groups is 9. The van der Waals surface area contributed by atoms with Gasteiger partial charge in [-0.2, -0.15) is 0 Å². The summed E-state index contributed by atoms with van der Waals surface area (Å²) in [6, 6.07) is 20.3. The number of methoxy groups -OCH3 is 1. The van der Waals surface area contributed by atoms with Gasteiger partial charge in [0, 0.05) is 38.1 Å². The monoisotopic (exact) mass is 1240 g/mol. The van der Waals surface area contributed by atoms with Crippen molar-refractivity contribution in [2.45, 2.75) is 192 Å². The summed E-state index contributed by atoms with van der Waals surface area (Å²) in [6.07, 6.45) is 1.26. The van der Waals surface area contributed by atoms with E-state index in [4.69, 9.17) is 24.7 Å². The summed E-state index contributed by atoms with van der Waals surface area (Å²) in [7, 11) is 1.38. The standard InChI is InChI=1S/C66H89N5O16.ClH/c1-40(20-28-56(76)84-4)46-21-22-47-60-48(36-54(73)66(46,47)3)65(2)33-32-45(34-44(65)35-53(60)72)68-62(81)50(24-29-57(77)85-37-41-14-8-5-9-15-41)70-64(83)52(26-31-59(79)87-39-43-18-12-7-13-19-43)71-63(82)51(69-61(80)49(67)23-27-55(74)75)25-30-58(78)86-38-42-16-10-6-11-17-42;/h5-19,40,44-54,60,72-73H,20-39,67H2,1-4H3,(H,68,81)(H,69,80)(H,70,83)(H,71,82)(H,74,75);1H/t40?,44-,45-,46+,47-,48-,49?,50?,51?,52?,53+,54-,60-,65-,66+;/m0./s1. The number of halogens is 1. The summed E-state index contributed by atoms with van der Waals surface area (Å²) in [5.74, 6) is -6.73. The Morgan fingerprint density at radius 1 is 0.568 bits per heavy atom. The van der Waals surface area contributed by atoms with Crippen LogP contribution in [0.1, 0.15) is 147 Å². The summed E-state index contributed by atoms with van der Waals surface area (Å²) in [5.41, 5.74) is 7.43. The Balaban J connectivity index is 0.0000124. The number of rotatable bonds is 30. The van der Waals surface area contributed by atoms with Crippen molar-refractivity contribution in [1.29, 1.82) is 0 Å². The molecule has 4 fully saturated rings. The molecule has 4 aliphatic carbocycles. The second-order valence-electron chi connectivity index (χ2n) is 24.9. The second-order valence-corrected chi connectivity index (χ2v) is 24.9. The molecule has 15 atom stereocenters. The zero-order valence-corrected chi connectivity index (χ0v) is 51.8. The first kappa shape index (κ1) is 70.2. The van der Waals surface area contributed by atoms with Crippen molar-refractivity contribution in [3.8, 4) is 0 Å².